The van der Waals surface area contributed by atoms with E-state index in [1.807, 2.05) is 0 Å². The van der Waals surface area contributed by atoms with Gasteiger partial charge in [-0.3, -0.25) is 0 Å². The Morgan fingerprint density at radius 3 is 2.70 bits per heavy atom. The monoisotopic (exact) mass is 161 g/mol. The van der Waals surface area contributed by atoms with Crippen LogP contribution < -0.4 is 0 Å². The smallest absolute Gasteiger partial charge is 0.167 e. The molecular formula is C4H7N3O2S. The second kappa shape index (κ2) is 2.37. The van der Waals surface area contributed by atoms with Gasteiger partial charge in [-0.05, 0) is 0 Å². The molecule has 0 atom stereocenters. The van der Waals surface area contributed by atoms with Crippen molar-refractivity contribution in [3.05, 3.63) is 12.4 Å². The molecule has 1 heterocycles. The van der Waals surface area contributed by atoms with Crippen molar-refractivity contribution >= 4 is 9.84 Å². The lowest BCUT2D eigenvalue weighted by atomic mass is 10.9. The third-order valence-electron chi connectivity index (χ3n) is 0.839. The molecule has 0 saturated carbocycles. The van der Waals surface area contributed by atoms with Crippen molar-refractivity contribution in [1.82, 2.24) is 15.0 Å². The van der Waals surface area contributed by atoms with E-state index in [0.29, 0.717) is 0 Å². The summed E-state index contributed by atoms with van der Waals surface area (Å²) < 4.78 is 22.5. The fraction of sp³-hybridized carbons (Fsp3) is 0.500. The van der Waals surface area contributed by atoms with E-state index in [2.05, 4.69) is 10.3 Å². The van der Waals surface area contributed by atoms with Gasteiger partial charge in [-0.25, -0.2) is 13.1 Å². The summed E-state index contributed by atoms with van der Waals surface area (Å²) in [5.41, 5.74) is 0. The van der Waals surface area contributed by atoms with Gasteiger partial charge in [0.1, 0.15) is 5.88 Å². The quantitative estimate of drug-likeness (QED) is 0.574. The van der Waals surface area contributed by atoms with Gasteiger partial charge in [-0.15, -0.1) is 5.10 Å². The molecule has 0 saturated heterocycles. The molecule has 0 radical (unpaired) electrons. The Morgan fingerprint density at radius 1 is 1.60 bits per heavy atom. The van der Waals surface area contributed by atoms with E-state index in [1.165, 1.54) is 17.1 Å². The Labute approximate surface area is 58.6 Å². The molecule has 0 amide bonds. The maximum Gasteiger partial charge on any atom is 0.167 e. The zero-order chi connectivity index (χ0) is 7.61. The van der Waals surface area contributed by atoms with Crippen LogP contribution in [0.3, 0.4) is 0 Å². The highest BCUT2D eigenvalue weighted by Crippen LogP contribution is 1.88. The zero-order valence-electron chi connectivity index (χ0n) is 5.43. The Balaban J connectivity index is 2.75. The molecule has 5 nitrogen and oxygen atoms in total. The molecule has 6 heteroatoms. The number of nitrogens with zero attached hydrogens (tertiary/aromatic N) is 3. The maximum absolute atomic E-state index is 10.6. The van der Waals surface area contributed by atoms with Gasteiger partial charge < -0.3 is 0 Å². The molecule has 1 aromatic heterocycles. The number of aromatic nitrogens is 3. The number of hydrogen-bond donors (Lipinski definition) is 0. The summed E-state index contributed by atoms with van der Waals surface area (Å²) in [5.74, 6) is -0.104. The summed E-state index contributed by atoms with van der Waals surface area (Å²) >= 11 is 0. The Kier molecular flexibility index (Phi) is 1.71. The molecule has 1 aromatic rings. The van der Waals surface area contributed by atoms with Crippen LogP contribution in [0.25, 0.3) is 0 Å². The van der Waals surface area contributed by atoms with E-state index >= 15 is 0 Å². The van der Waals surface area contributed by atoms with Crippen LogP contribution in [0, 0.1) is 0 Å². The summed E-state index contributed by atoms with van der Waals surface area (Å²) in [4.78, 5) is 0. The van der Waals surface area contributed by atoms with Crippen LogP contribution in [0.4, 0.5) is 0 Å². The summed E-state index contributed by atoms with van der Waals surface area (Å²) in [6.45, 7) is 0. The van der Waals surface area contributed by atoms with E-state index in [1.54, 1.807) is 0 Å². The summed E-state index contributed by atoms with van der Waals surface area (Å²) in [5, 5.41) is 6.94. The summed E-state index contributed by atoms with van der Waals surface area (Å²) in [6, 6.07) is 0. The van der Waals surface area contributed by atoms with Crippen LogP contribution in [-0.2, 0) is 15.7 Å². The molecule has 1 rings (SSSR count). The first kappa shape index (κ1) is 7.20. The van der Waals surface area contributed by atoms with E-state index in [9.17, 15) is 8.42 Å². The summed E-state index contributed by atoms with van der Waals surface area (Å²) in [6.07, 6.45) is 4.08. The average molecular weight is 161 g/mol. The van der Waals surface area contributed by atoms with E-state index < -0.39 is 9.84 Å². The fourth-order valence-corrected chi connectivity index (χ4v) is 1.16. The van der Waals surface area contributed by atoms with Crippen LogP contribution in [-0.4, -0.2) is 29.7 Å². The minimum absolute atomic E-state index is 0.104. The standard InChI is InChI=1S/C4H7N3O2S/c1-10(8,9)4-7-3-2-5-6-7/h2-3H,4H2,1H3. The molecule has 0 bridgehead atoms. The number of hydrogen-bond acceptors (Lipinski definition) is 4. The molecule has 0 unspecified atom stereocenters. The molecular weight excluding hydrogens is 154 g/mol. The molecule has 0 spiro atoms. The van der Waals surface area contributed by atoms with Crippen LogP contribution >= 0.6 is 0 Å². The fourth-order valence-electron chi connectivity index (χ4n) is 0.542. The van der Waals surface area contributed by atoms with E-state index in [-0.39, 0.29) is 5.88 Å². The lowest BCUT2D eigenvalue weighted by Crippen LogP contribution is -2.09. The van der Waals surface area contributed by atoms with Gasteiger partial charge in [0, 0.05) is 12.5 Å². The minimum Gasteiger partial charge on any atom is -0.237 e. The highest BCUT2D eigenvalue weighted by atomic mass is 32.2. The van der Waals surface area contributed by atoms with Crippen molar-refractivity contribution in [3.8, 4) is 0 Å². The first-order chi connectivity index (χ1) is 4.58. The molecule has 10 heavy (non-hydrogen) atoms. The lowest BCUT2D eigenvalue weighted by molar-refractivity contribution is 0.577. The van der Waals surface area contributed by atoms with Gasteiger partial charge in [0.15, 0.2) is 9.84 Å². The molecule has 0 aromatic carbocycles. The van der Waals surface area contributed by atoms with Crippen LogP contribution in [0.15, 0.2) is 12.4 Å². The second-order valence-corrected chi connectivity index (χ2v) is 4.11. The summed E-state index contributed by atoms with van der Waals surface area (Å²) in [7, 11) is -2.99. The first-order valence-corrected chi connectivity index (χ1v) is 4.66. The minimum atomic E-state index is -2.99. The SMILES string of the molecule is CS(=O)(=O)Cn1ccnn1. The number of sulfone groups is 1. The van der Waals surface area contributed by atoms with Gasteiger partial charge >= 0.3 is 0 Å². The van der Waals surface area contributed by atoms with E-state index in [0.717, 1.165) is 6.26 Å². The average Bonchev–Trinajstić information content (AvgIpc) is 2.12. The highest BCUT2D eigenvalue weighted by molar-refractivity contribution is 7.89. The molecule has 0 aliphatic rings. The van der Waals surface area contributed by atoms with Crippen molar-refractivity contribution in [2.24, 2.45) is 0 Å². The third-order valence-corrected chi connectivity index (χ3v) is 1.57. The van der Waals surface area contributed by atoms with Crippen molar-refractivity contribution in [3.63, 3.8) is 0 Å². The number of rotatable bonds is 2. The molecule has 0 N–H and O–H groups in total. The lowest BCUT2D eigenvalue weighted by Gasteiger charge is -1.94. The predicted octanol–water partition coefficient (Wildman–Crippen LogP) is -0.720. The molecule has 56 valence electrons. The van der Waals surface area contributed by atoms with Crippen molar-refractivity contribution in [2.45, 2.75) is 5.88 Å². The topological polar surface area (TPSA) is 64.8 Å². The Hall–Kier alpha value is -0.910. The third kappa shape index (κ3) is 2.14. The van der Waals surface area contributed by atoms with Crippen molar-refractivity contribution in [1.29, 1.82) is 0 Å². The van der Waals surface area contributed by atoms with Crippen molar-refractivity contribution in [2.75, 3.05) is 6.26 Å². The van der Waals surface area contributed by atoms with Gasteiger partial charge in [0.25, 0.3) is 0 Å². The van der Waals surface area contributed by atoms with Crippen LogP contribution in [0.2, 0.25) is 0 Å². The normalized spacial score (nSPS) is 11.7. The molecule has 0 aliphatic heterocycles. The Bertz CT molecular complexity index is 288. The van der Waals surface area contributed by atoms with Gasteiger partial charge in [-0.1, -0.05) is 5.21 Å². The predicted molar refractivity (Wildman–Crippen MR) is 34.9 cm³/mol. The zero-order valence-corrected chi connectivity index (χ0v) is 6.24. The first-order valence-electron chi connectivity index (χ1n) is 2.60. The van der Waals surface area contributed by atoms with Crippen LogP contribution in [0.5, 0.6) is 0 Å². The molecule has 0 fully saturated rings. The van der Waals surface area contributed by atoms with Gasteiger partial charge in [-0.2, -0.15) is 0 Å². The van der Waals surface area contributed by atoms with E-state index in [4.69, 9.17) is 0 Å². The highest BCUT2D eigenvalue weighted by Gasteiger charge is 2.02. The largest absolute Gasteiger partial charge is 0.237 e. The van der Waals surface area contributed by atoms with Gasteiger partial charge in [0.05, 0.1) is 6.20 Å². The second-order valence-electron chi connectivity index (χ2n) is 2.00. The Morgan fingerprint density at radius 2 is 2.30 bits per heavy atom. The van der Waals surface area contributed by atoms with Gasteiger partial charge in [0.2, 0.25) is 0 Å². The maximum atomic E-state index is 10.6. The van der Waals surface area contributed by atoms with Crippen molar-refractivity contribution < 1.29 is 8.42 Å². The van der Waals surface area contributed by atoms with Crippen LogP contribution in [0.1, 0.15) is 0 Å². The molecule has 0 aliphatic carbocycles.